The molecule has 4 aromatic rings. The van der Waals surface area contributed by atoms with Gasteiger partial charge in [0.1, 0.15) is 12.6 Å². The number of alkyl carbamates (subject to hydrolysis) is 2. The highest BCUT2D eigenvalue weighted by Gasteiger charge is 2.35. The number of methoxy groups -OCH3 is 1. The zero-order valence-corrected chi connectivity index (χ0v) is 28.2. The van der Waals surface area contributed by atoms with Gasteiger partial charge >= 0.3 is 12.2 Å². The van der Waals surface area contributed by atoms with Gasteiger partial charge in [-0.05, 0) is 40.7 Å². The molecule has 11 heteroatoms. The molecule has 2 atom stereocenters. The number of nitrogens with zero attached hydrogens (tertiary/aromatic N) is 2. The number of Topliss-reactive ketones (excluding diaryl/α,β-unsaturated/α-hetero) is 1. The largest absolute Gasteiger partial charge is 0.453 e. The summed E-state index contributed by atoms with van der Waals surface area (Å²) in [4.78, 5) is 57.2. The number of aromatic nitrogens is 1. The molecule has 1 heterocycles. The average Bonchev–Trinajstić information content (AvgIpc) is 3.10. The smallest absolute Gasteiger partial charge is 0.408 e. The molecule has 3 amide bonds. The Morgan fingerprint density at radius 3 is 1.98 bits per heavy atom. The molecule has 0 aliphatic carbocycles. The van der Waals surface area contributed by atoms with Crippen molar-refractivity contribution in [3.05, 3.63) is 126 Å². The topological polar surface area (TPSA) is 139 Å². The highest BCUT2D eigenvalue weighted by atomic mass is 16.5. The number of rotatable bonds is 14. The molecule has 256 valence electrons. The Kier molecular flexibility index (Phi) is 13.0. The molecular formula is C38H43N5O6. The molecule has 3 aromatic carbocycles. The van der Waals surface area contributed by atoms with Crippen molar-refractivity contribution in [3.63, 3.8) is 0 Å². The van der Waals surface area contributed by atoms with Gasteiger partial charge in [-0.2, -0.15) is 0 Å². The van der Waals surface area contributed by atoms with Gasteiger partial charge in [-0.15, -0.1) is 0 Å². The van der Waals surface area contributed by atoms with E-state index < -0.39 is 35.6 Å². The second-order valence-corrected chi connectivity index (χ2v) is 12.6. The van der Waals surface area contributed by atoms with E-state index in [4.69, 9.17) is 9.47 Å². The van der Waals surface area contributed by atoms with Crippen molar-refractivity contribution in [3.8, 4) is 11.3 Å². The van der Waals surface area contributed by atoms with Crippen molar-refractivity contribution in [2.45, 2.75) is 52.4 Å². The first-order valence-corrected chi connectivity index (χ1v) is 16.0. The molecule has 4 rings (SSSR count). The summed E-state index contributed by atoms with van der Waals surface area (Å²) in [6.45, 7) is 5.33. The number of nitrogens with one attached hydrogen (secondary N) is 3. The fraction of sp³-hybridized carbons (Fsp3) is 0.289. The molecule has 0 spiro atoms. The number of ketones is 1. The molecule has 0 radical (unpaired) electrons. The third kappa shape index (κ3) is 11.6. The molecule has 0 aliphatic heterocycles. The number of hydrazine groups is 1. The van der Waals surface area contributed by atoms with E-state index in [1.165, 1.54) is 12.1 Å². The van der Waals surface area contributed by atoms with Crippen LogP contribution in [0.25, 0.3) is 11.3 Å². The highest BCUT2D eigenvalue weighted by Crippen LogP contribution is 2.21. The van der Waals surface area contributed by atoms with Gasteiger partial charge in [-0.25, -0.2) is 14.6 Å². The Morgan fingerprint density at radius 2 is 1.39 bits per heavy atom. The predicted octanol–water partition coefficient (Wildman–Crippen LogP) is 5.46. The van der Waals surface area contributed by atoms with E-state index in [-0.39, 0.29) is 31.9 Å². The predicted molar refractivity (Wildman–Crippen MR) is 186 cm³/mol. The van der Waals surface area contributed by atoms with Crippen LogP contribution in [-0.4, -0.2) is 59.6 Å². The van der Waals surface area contributed by atoms with Crippen LogP contribution >= 0.6 is 0 Å². The first-order valence-electron chi connectivity index (χ1n) is 16.0. The lowest BCUT2D eigenvalue weighted by Gasteiger charge is -2.33. The summed E-state index contributed by atoms with van der Waals surface area (Å²) >= 11 is 0. The number of amides is 3. The second-order valence-electron chi connectivity index (χ2n) is 12.6. The number of hydrogen-bond acceptors (Lipinski definition) is 8. The summed E-state index contributed by atoms with van der Waals surface area (Å²) in [6.07, 6.45) is 0.421. The molecule has 1 aromatic heterocycles. The van der Waals surface area contributed by atoms with Gasteiger partial charge in [-0.1, -0.05) is 112 Å². The second kappa shape index (κ2) is 17.6. The normalized spacial score (nSPS) is 12.3. The van der Waals surface area contributed by atoms with Crippen LogP contribution < -0.4 is 16.1 Å². The Morgan fingerprint density at radius 1 is 0.755 bits per heavy atom. The number of benzene rings is 3. The third-order valence-electron chi connectivity index (χ3n) is 7.65. The summed E-state index contributed by atoms with van der Waals surface area (Å²) in [7, 11) is 1.22. The maximum atomic E-state index is 14.0. The molecule has 3 N–H and O–H groups in total. The Balaban J connectivity index is 1.56. The van der Waals surface area contributed by atoms with Crippen molar-refractivity contribution in [2.24, 2.45) is 5.41 Å². The number of carbonyl (C=O) groups excluding carboxylic acids is 4. The zero-order valence-electron chi connectivity index (χ0n) is 28.2. The molecule has 49 heavy (non-hydrogen) atoms. The van der Waals surface area contributed by atoms with E-state index in [1.807, 2.05) is 103 Å². The van der Waals surface area contributed by atoms with Gasteiger partial charge in [0, 0.05) is 18.3 Å². The quantitative estimate of drug-likeness (QED) is 0.151. The monoisotopic (exact) mass is 665 g/mol. The molecule has 0 saturated carbocycles. The van der Waals surface area contributed by atoms with Crippen LogP contribution in [0.4, 0.5) is 9.59 Å². The van der Waals surface area contributed by atoms with Crippen LogP contribution in [0.15, 0.2) is 109 Å². The third-order valence-corrected chi connectivity index (χ3v) is 7.65. The number of carbonyl (C=O) groups is 4. The highest BCUT2D eigenvalue weighted by molar-refractivity contribution is 5.90. The van der Waals surface area contributed by atoms with Crippen molar-refractivity contribution < 1.29 is 28.7 Å². The standard InChI is InChI=1S/C38H43N5O6/c1-38(2,3)34(41-36(46)48-4)35(45)42-43(24-28-18-20-30(21-19-28)31-17-11-12-22-39-31)25-33(44)32(23-27-13-7-5-8-14-27)40-37(47)49-26-29-15-9-6-10-16-29/h5-22,32,34H,23-26H2,1-4H3,(H,40,47)(H,41,46)(H,42,45). The van der Waals surface area contributed by atoms with Crippen molar-refractivity contribution >= 4 is 23.9 Å². The lowest BCUT2D eigenvalue weighted by molar-refractivity contribution is -0.132. The zero-order chi connectivity index (χ0) is 35.2. The van der Waals surface area contributed by atoms with Crippen molar-refractivity contribution in [2.75, 3.05) is 13.7 Å². The first-order chi connectivity index (χ1) is 23.5. The van der Waals surface area contributed by atoms with Gasteiger partial charge in [0.05, 0.1) is 25.4 Å². The van der Waals surface area contributed by atoms with E-state index in [0.717, 1.165) is 27.9 Å². The SMILES string of the molecule is COC(=O)NC(C(=O)NN(CC(=O)C(Cc1ccccc1)NC(=O)OCc1ccccc1)Cc1ccc(-c2ccccn2)cc1)C(C)(C)C. The van der Waals surface area contributed by atoms with Crippen molar-refractivity contribution in [1.82, 2.24) is 26.1 Å². The minimum atomic E-state index is -0.990. The molecule has 0 aliphatic rings. The van der Waals surface area contributed by atoms with E-state index in [9.17, 15) is 19.2 Å². The fourth-order valence-corrected chi connectivity index (χ4v) is 5.04. The average molecular weight is 666 g/mol. The van der Waals surface area contributed by atoms with Crippen LogP contribution in [0.2, 0.25) is 0 Å². The Hall–Kier alpha value is -5.55. The van der Waals surface area contributed by atoms with Gasteiger partial charge in [0.25, 0.3) is 5.91 Å². The lowest BCUT2D eigenvalue weighted by atomic mass is 9.86. The summed E-state index contributed by atoms with van der Waals surface area (Å²) in [6, 6.07) is 29.9. The molecule has 2 unspecified atom stereocenters. The van der Waals surface area contributed by atoms with Crippen molar-refractivity contribution in [1.29, 1.82) is 0 Å². The molecule has 0 saturated heterocycles. The van der Waals surface area contributed by atoms with Gasteiger partial charge in [0.2, 0.25) is 0 Å². The Labute approximate surface area is 287 Å². The molecule has 0 fully saturated rings. The number of pyridine rings is 1. The summed E-state index contributed by atoms with van der Waals surface area (Å²) < 4.78 is 10.2. The van der Waals surface area contributed by atoms with E-state index in [2.05, 4.69) is 21.0 Å². The maximum absolute atomic E-state index is 14.0. The van der Waals surface area contributed by atoms with Crippen LogP contribution in [0, 0.1) is 5.41 Å². The molecule has 0 bridgehead atoms. The lowest BCUT2D eigenvalue weighted by Crippen LogP contribution is -2.58. The first kappa shape index (κ1) is 36.3. The molecular weight excluding hydrogens is 622 g/mol. The minimum Gasteiger partial charge on any atom is -0.453 e. The Bertz CT molecular complexity index is 1660. The van der Waals surface area contributed by atoms with Crippen LogP contribution in [0.3, 0.4) is 0 Å². The molecule has 11 nitrogen and oxygen atoms in total. The van der Waals surface area contributed by atoms with E-state index >= 15 is 0 Å². The minimum absolute atomic E-state index is 0.0387. The summed E-state index contributed by atoms with van der Waals surface area (Å²) in [5.74, 6) is -0.898. The summed E-state index contributed by atoms with van der Waals surface area (Å²) in [5.41, 5.74) is 6.31. The number of ether oxygens (including phenoxy) is 2. The van der Waals surface area contributed by atoms with Gasteiger partial charge < -0.3 is 20.1 Å². The van der Waals surface area contributed by atoms with Crippen LogP contribution in [-0.2, 0) is 38.6 Å². The fourth-order valence-electron chi connectivity index (χ4n) is 5.04. The van der Waals surface area contributed by atoms with Crippen LogP contribution in [0.1, 0.15) is 37.5 Å². The maximum Gasteiger partial charge on any atom is 0.408 e. The van der Waals surface area contributed by atoms with E-state index in [0.29, 0.717) is 0 Å². The van der Waals surface area contributed by atoms with Gasteiger partial charge in [0.15, 0.2) is 5.78 Å². The number of hydrogen-bond donors (Lipinski definition) is 3. The van der Waals surface area contributed by atoms with Gasteiger partial charge in [-0.3, -0.25) is 20.0 Å². The van der Waals surface area contributed by atoms with E-state index in [1.54, 1.807) is 27.0 Å². The summed E-state index contributed by atoms with van der Waals surface area (Å²) in [5, 5.41) is 6.81. The van der Waals surface area contributed by atoms with Crippen LogP contribution in [0.5, 0.6) is 0 Å².